The van der Waals surface area contributed by atoms with Gasteiger partial charge in [0, 0.05) is 29.6 Å². The van der Waals surface area contributed by atoms with E-state index in [2.05, 4.69) is 27.8 Å². The Morgan fingerprint density at radius 1 is 1.18 bits per heavy atom. The monoisotopic (exact) mass is 407 g/mol. The molecule has 1 aromatic heterocycles. The molecule has 0 saturated heterocycles. The van der Waals surface area contributed by atoms with Crippen LogP contribution in [-0.4, -0.2) is 32.6 Å². The van der Waals surface area contributed by atoms with Crippen LogP contribution in [0.4, 0.5) is 4.39 Å². The summed E-state index contributed by atoms with van der Waals surface area (Å²) in [4.78, 5) is 36.8. The number of carbonyl (C=O) groups is 1. The van der Waals surface area contributed by atoms with E-state index < -0.39 is 13.6 Å². The molecular formula is C18H19FN3O5P. The van der Waals surface area contributed by atoms with Crippen LogP contribution in [0.3, 0.4) is 0 Å². The predicted octanol–water partition coefficient (Wildman–Crippen LogP) is 2.01. The van der Waals surface area contributed by atoms with Crippen LogP contribution in [0.5, 0.6) is 0 Å². The Hall–Kier alpha value is -2.55. The number of nitrogens with one attached hydrogen (secondary N) is 3. The molecule has 0 spiro atoms. The largest absolute Gasteiger partial charge is 0.466 e. The van der Waals surface area contributed by atoms with Gasteiger partial charge in [-0.1, -0.05) is 24.3 Å². The van der Waals surface area contributed by atoms with Gasteiger partial charge in [-0.25, -0.2) is 8.96 Å². The molecule has 0 bridgehead atoms. The summed E-state index contributed by atoms with van der Waals surface area (Å²) < 4.78 is 22.6. The van der Waals surface area contributed by atoms with E-state index in [0.717, 1.165) is 28.8 Å². The van der Waals surface area contributed by atoms with E-state index in [0.29, 0.717) is 17.6 Å². The quantitative estimate of drug-likeness (QED) is 0.368. The van der Waals surface area contributed by atoms with Crippen molar-refractivity contribution >= 4 is 24.6 Å². The highest BCUT2D eigenvalue weighted by Crippen LogP contribution is 2.35. The van der Waals surface area contributed by atoms with Gasteiger partial charge in [-0.3, -0.25) is 4.79 Å². The summed E-state index contributed by atoms with van der Waals surface area (Å²) in [6.07, 6.45) is 0. The molecule has 10 heteroatoms. The average molecular weight is 407 g/mol. The maximum absolute atomic E-state index is 13.8. The molecule has 2 heterocycles. The number of aromatic nitrogens is 1. The standard InChI is InChI=1S/C18H16FN3O.H3O4P/c1-20-8-10-2-4-11(5-3-10)17-14-9-21-18(23)13-6-12(19)7-15(22-17)16(13)14;1-5(2,3)4/h2-7,20,22H,8-9H2,1H3,(H,21,23);(H3,1,2,3,4). The first-order valence-electron chi connectivity index (χ1n) is 8.32. The van der Waals surface area contributed by atoms with Gasteiger partial charge in [0.1, 0.15) is 5.82 Å². The van der Waals surface area contributed by atoms with Crippen molar-refractivity contribution in [1.29, 1.82) is 0 Å². The second-order valence-corrected chi connectivity index (χ2v) is 7.30. The van der Waals surface area contributed by atoms with Crippen LogP contribution in [0.15, 0.2) is 36.4 Å². The third kappa shape index (κ3) is 4.46. The smallest absolute Gasteiger partial charge is 0.354 e. The van der Waals surface area contributed by atoms with Crippen molar-refractivity contribution in [2.75, 3.05) is 7.05 Å². The summed E-state index contributed by atoms with van der Waals surface area (Å²) in [7, 11) is -2.73. The highest BCUT2D eigenvalue weighted by molar-refractivity contribution is 7.45. The number of halogens is 1. The van der Waals surface area contributed by atoms with Gasteiger partial charge in [-0.15, -0.1) is 0 Å². The van der Waals surface area contributed by atoms with Crippen molar-refractivity contribution in [1.82, 2.24) is 15.6 Å². The van der Waals surface area contributed by atoms with Crippen molar-refractivity contribution < 1.29 is 28.4 Å². The molecule has 148 valence electrons. The Kier molecular flexibility index (Phi) is 5.64. The van der Waals surface area contributed by atoms with E-state index in [1.54, 1.807) is 0 Å². The van der Waals surface area contributed by atoms with E-state index in [4.69, 9.17) is 19.2 Å². The van der Waals surface area contributed by atoms with Crippen LogP contribution in [0.1, 0.15) is 21.5 Å². The van der Waals surface area contributed by atoms with Gasteiger partial charge in [0.15, 0.2) is 0 Å². The summed E-state index contributed by atoms with van der Waals surface area (Å²) in [5.41, 5.74) is 5.23. The number of phosphoric acid groups is 1. The topological polar surface area (TPSA) is 135 Å². The molecule has 2 aromatic carbocycles. The summed E-state index contributed by atoms with van der Waals surface area (Å²) in [6, 6.07) is 11.0. The minimum atomic E-state index is -4.64. The normalized spacial score (nSPS) is 13.1. The molecule has 1 aliphatic rings. The molecule has 3 aromatic rings. The van der Waals surface area contributed by atoms with Gasteiger partial charge in [0.25, 0.3) is 5.91 Å². The third-order valence-electron chi connectivity index (χ3n) is 4.26. The van der Waals surface area contributed by atoms with Gasteiger partial charge in [-0.2, -0.15) is 0 Å². The highest BCUT2D eigenvalue weighted by atomic mass is 31.2. The van der Waals surface area contributed by atoms with E-state index in [1.165, 1.54) is 17.7 Å². The summed E-state index contributed by atoms with van der Waals surface area (Å²) in [6.45, 7) is 1.26. The van der Waals surface area contributed by atoms with Crippen LogP contribution in [0.2, 0.25) is 0 Å². The Morgan fingerprint density at radius 3 is 2.43 bits per heavy atom. The molecule has 0 unspecified atom stereocenters. The fourth-order valence-corrected chi connectivity index (χ4v) is 3.23. The molecular weight excluding hydrogens is 388 g/mol. The lowest BCUT2D eigenvalue weighted by Gasteiger charge is -2.15. The fourth-order valence-electron chi connectivity index (χ4n) is 3.23. The van der Waals surface area contributed by atoms with Crippen molar-refractivity contribution in [3.63, 3.8) is 0 Å². The van der Waals surface area contributed by atoms with Gasteiger partial charge >= 0.3 is 7.82 Å². The lowest BCUT2D eigenvalue weighted by molar-refractivity contribution is 0.0949. The molecule has 8 nitrogen and oxygen atoms in total. The van der Waals surface area contributed by atoms with Crippen molar-refractivity contribution in [2.24, 2.45) is 0 Å². The maximum atomic E-state index is 13.8. The van der Waals surface area contributed by atoms with Crippen LogP contribution in [0.25, 0.3) is 22.2 Å². The minimum Gasteiger partial charge on any atom is -0.354 e. The zero-order valence-electron chi connectivity index (χ0n) is 14.9. The zero-order valence-corrected chi connectivity index (χ0v) is 15.8. The molecule has 4 rings (SSSR count). The third-order valence-corrected chi connectivity index (χ3v) is 4.26. The molecule has 0 radical (unpaired) electrons. The number of amides is 1. The van der Waals surface area contributed by atoms with Gasteiger partial charge < -0.3 is 30.3 Å². The SMILES string of the molecule is CNCc1ccc(-c2[nH]c3cc(F)cc4c3c2CNC4=O)cc1.O=P(O)(O)O. The van der Waals surface area contributed by atoms with Crippen LogP contribution in [0, 0.1) is 5.82 Å². The number of benzene rings is 2. The predicted molar refractivity (Wildman–Crippen MR) is 102 cm³/mol. The first kappa shape index (κ1) is 20.2. The number of hydrogen-bond acceptors (Lipinski definition) is 3. The van der Waals surface area contributed by atoms with Gasteiger partial charge in [0.05, 0.1) is 11.3 Å². The average Bonchev–Trinajstić information content (AvgIpc) is 2.96. The Labute approximate surface area is 159 Å². The first-order chi connectivity index (χ1) is 13.2. The Bertz CT molecular complexity index is 1070. The van der Waals surface area contributed by atoms with Gasteiger partial charge in [0.2, 0.25) is 0 Å². The minimum absolute atomic E-state index is 0.225. The van der Waals surface area contributed by atoms with Crippen molar-refractivity contribution in [2.45, 2.75) is 13.1 Å². The number of aromatic amines is 1. The lowest BCUT2D eigenvalue weighted by Crippen LogP contribution is -2.27. The molecule has 28 heavy (non-hydrogen) atoms. The Morgan fingerprint density at radius 2 is 1.82 bits per heavy atom. The Balaban J connectivity index is 0.000000403. The van der Waals surface area contributed by atoms with Gasteiger partial charge in [-0.05, 0) is 30.3 Å². The van der Waals surface area contributed by atoms with E-state index >= 15 is 0 Å². The summed E-state index contributed by atoms with van der Waals surface area (Å²) in [5, 5.41) is 6.76. The van der Waals surface area contributed by atoms with E-state index in [1.807, 2.05) is 19.2 Å². The maximum Gasteiger partial charge on any atom is 0.466 e. The molecule has 0 fully saturated rings. The fraction of sp³-hybridized carbons (Fsp3) is 0.167. The molecule has 0 aliphatic carbocycles. The molecule has 1 aliphatic heterocycles. The van der Waals surface area contributed by atoms with Crippen LogP contribution in [-0.2, 0) is 17.7 Å². The second kappa shape index (κ2) is 7.83. The summed E-state index contributed by atoms with van der Waals surface area (Å²) >= 11 is 0. The number of rotatable bonds is 3. The van der Waals surface area contributed by atoms with Crippen molar-refractivity contribution in [3.05, 3.63) is 58.9 Å². The van der Waals surface area contributed by atoms with Crippen molar-refractivity contribution in [3.8, 4) is 11.3 Å². The highest BCUT2D eigenvalue weighted by Gasteiger charge is 2.24. The molecule has 1 amide bonds. The van der Waals surface area contributed by atoms with Crippen LogP contribution < -0.4 is 10.6 Å². The van der Waals surface area contributed by atoms with E-state index in [9.17, 15) is 9.18 Å². The number of H-pyrrole nitrogens is 1. The van der Waals surface area contributed by atoms with E-state index in [-0.39, 0.29) is 5.91 Å². The zero-order chi connectivity index (χ0) is 20.5. The molecule has 6 N–H and O–H groups in total. The van der Waals surface area contributed by atoms with Crippen LogP contribution >= 0.6 is 7.82 Å². The number of carbonyl (C=O) groups excluding carboxylic acids is 1. The molecule has 0 atom stereocenters. The first-order valence-corrected chi connectivity index (χ1v) is 9.88. The molecule has 0 saturated carbocycles. The summed E-state index contributed by atoms with van der Waals surface area (Å²) in [5.74, 6) is -0.634. The number of hydrogen-bond donors (Lipinski definition) is 6. The second-order valence-electron chi connectivity index (χ2n) is 6.28. The lowest BCUT2D eigenvalue weighted by atomic mass is 9.98.